The number of alkyl halides is 1. The van der Waals surface area contributed by atoms with Crippen molar-refractivity contribution in [2.24, 2.45) is 0 Å². The van der Waals surface area contributed by atoms with Gasteiger partial charge in [0.1, 0.15) is 0 Å². The Labute approximate surface area is 121 Å². The minimum Gasteiger partial charge on any atom is -0.335 e. The van der Waals surface area contributed by atoms with Crippen LogP contribution in [-0.2, 0) is 0 Å². The van der Waals surface area contributed by atoms with E-state index in [0.717, 1.165) is 24.7 Å². The highest BCUT2D eigenvalue weighted by Crippen LogP contribution is 2.25. The van der Waals surface area contributed by atoms with Gasteiger partial charge >= 0.3 is 0 Å². The van der Waals surface area contributed by atoms with E-state index in [0.29, 0.717) is 16.6 Å². The summed E-state index contributed by atoms with van der Waals surface area (Å²) in [7, 11) is 0. The third-order valence-electron chi connectivity index (χ3n) is 3.42. The van der Waals surface area contributed by atoms with E-state index in [1.807, 2.05) is 17.0 Å². The van der Waals surface area contributed by atoms with Crippen LogP contribution < -0.4 is 0 Å². The summed E-state index contributed by atoms with van der Waals surface area (Å²) in [6, 6.07) is 7.61. The molecule has 1 saturated carbocycles. The lowest BCUT2D eigenvalue weighted by molar-refractivity contribution is 0.0696. The van der Waals surface area contributed by atoms with Gasteiger partial charge in [0.15, 0.2) is 0 Å². The van der Waals surface area contributed by atoms with Crippen molar-refractivity contribution in [1.82, 2.24) is 4.90 Å². The second-order valence-corrected chi connectivity index (χ2v) is 5.87. The molecule has 0 unspecified atom stereocenters. The molecular formula is C14H17BrClNO. The number of amides is 1. The topological polar surface area (TPSA) is 20.3 Å². The molecule has 1 amide bonds. The van der Waals surface area contributed by atoms with Crippen molar-refractivity contribution < 1.29 is 4.79 Å². The molecule has 1 aromatic carbocycles. The lowest BCUT2D eigenvalue weighted by Gasteiger charge is -2.28. The highest BCUT2D eigenvalue weighted by atomic mass is 79.9. The van der Waals surface area contributed by atoms with Crippen LogP contribution in [0, 0.1) is 0 Å². The predicted molar refractivity (Wildman–Crippen MR) is 78.5 cm³/mol. The molecule has 0 heterocycles. The number of hydrogen-bond donors (Lipinski definition) is 0. The van der Waals surface area contributed by atoms with E-state index in [9.17, 15) is 4.79 Å². The SMILES string of the molecule is O=C(c1cccc(Cl)c1)N(CCBr)C1CCCC1. The van der Waals surface area contributed by atoms with Crippen molar-refractivity contribution in [3.8, 4) is 0 Å². The smallest absolute Gasteiger partial charge is 0.254 e. The van der Waals surface area contributed by atoms with Gasteiger partial charge in [0.05, 0.1) is 0 Å². The Balaban J connectivity index is 2.17. The van der Waals surface area contributed by atoms with Crippen LogP contribution in [0.4, 0.5) is 0 Å². The standard InChI is InChI=1S/C14H17BrClNO/c15-8-9-17(13-6-1-2-7-13)14(18)11-4-3-5-12(16)10-11/h3-5,10,13H,1-2,6-9H2. The second kappa shape index (κ2) is 6.58. The first kappa shape index (κ1) is 13.9. The van der Waals surface area contributed by atoms with E-state index in [-0.39, 0.29) is 5.91 Å². The molecule has 0 aromatic heterocycles. The molecule has 0 radical (unpaired) electrons. The van der Waals surface area contributed by atoms with E-state index >= 15 is 0 Å². The molecule has 0 bridgehead atoms. The van der Waals surface area contributed by atoms with E-state index in [1.165, 1.54) is 12.8 Å². The van der Waals surface area contributed by atoms with Crippen LogP contribution in [0.15, 0.2) is 24.3 Å². The Morgan fingerprint density at radius 2 is 2.11 bits per heavy atom. The van der Waals surface area contributed by atoms with Gasteiger partial charge in [-0.05, 0) is 31.0 Å². The monoisotopic (exact) mass is 329 g/mol. The maximum atomic E-state index is 12.5. The second-order valence-electron chi connectivity index (χ2n) is 4.64. The number of carbonyl (C=O) groups is 1. The van der Waals surface area contributed by atoms with Crippen molar-refractivity contribution in [3.05, 3.63) is 34.9 Å². The molecule has 1 fully saturated rings. The van der Waals surface area contributed by atoms with Crippen molar-refractivity contribution >= 4 is 33.4 Å². The summed E-state index contributed by atoms with van der Waals surface area (Å²) in [6.45, 7) is 0.760. The van der Waals surface area contributed by atoms with Gasteiger partial charge in [0.2, 0.25) is 0 Å². The Hall–Kier alpha value is -0.540. The van der Waals surface area contributed by atoms with Crippen LogP contribution in [0.25, 0.3) is 0 Å². The molecule has 4 heteroatoms. The van der Waals surface area contributed by atoms with Gasteiger partial charge in [0, 0.05) is 28.5 Å². The highest BCUT2D eigenvalue weighted by molar-refractivity contribution is 9.09. The summed E-state index contributed by atoms with van der Waals surface area (Å²) in [5.74, 6) is 0.101. The first-order chi connectivity index (χ1) is 8.72. The minimum atomic E-state index is 0.101. The third kappa shape index (κ3) is 3.27. The Kier molecular flexibility index (Phi) is 5.07. The van der Waals surface area contributed by atoms with Crippen LogP contribution in [0.5, 0.6) is 0 Å². The molecule has 0 atom stereocenters. The molecule has 18 heavy (non-hydrogen) atoms. The molecule has 1 aliphatic carbocycles. The van der Waals surface area contributed by atoms with Crippen molar-refractivity contribution in [1.29, 1.82) is 0 Å². The van der Waals surface area contributed by atoms with E-state index < -0.39 is 0 Å². The molecule has 1 aliphatic rings. The fourth-order valence-electron chi connectivity index (χ4n) is 2.54. The van der Waals surface area contributed by atoms with Crippen LogP contribution >= 0.6 is 27.5 Å². The van der Waals surface area contributed by atoms with Gasteiger partial charge in [-0.25, -0.2) is 0 Å². The molecule has 0 aliphatic heterocycles. The zero-order valence-corrected chi connectivity index (χ0v) is 12.6. The minimum absolute atomic E-state index is 0.101. The summed E-state index contributed by atoms with van der Waals surface area (Å²) in [4.78, 5) is 14.5. The number of benzene rings is 1. The number of rotatable bonds is 4. The maximum absolute atomic E-state index is 12.5. The zero-order chi connectivity index (χ0) is 13.0. The van der Waals surface area contributed by atoms with Gasteiger partial charge in [-0.2, -0.15) is 0 Å². The number of nitrogens with zero attached hydrogens (tertiary/aromatic N) is 1. The van der Waals surface area contributed by atoms with E-state index in [4.69, 9.17) is 11.6 Å². The van der Waals surface area contributed by atoms with Crippen molar-refractivity contribution in [3.63, 3.8) is 0 Å². The van der Waals surface area contributed by atoms with Gasteiger partial charge in [-0.15, -0.1) is 0 Å². The molecular weight excluding hydrogens is 314 g/mol. The molecule has 2 nitrogen and oxygen atoms in total. The zero-order valence-electron chi connectivity index (χ0n) is 10.2. The fraction of sp³-hybridized carbons (Fsp3) is 0.500. The van der Waals surface area contributed by atoms with Gasteiger partial charge in [0.25, 0.3) is 5.91 Å². The Morgan fingerprint density at radius 3 is 2.72 bits per heavy atom. The van der Waals surface area contributed by atoms with Crippen LogP contribution in [0.2, 0.25) is 5.02 Å². The third-order valence-corrected chi connectivity index (χ3v) is 4.01. The van der Waals surface area contributed by atoms with E-state index in [1.54, 1.807) is 12.1 Å². The number of hydrogen-bond acceptors (Lipinski definition) is 1. The first-order valence-corrected chi connectivity index (χ1v) is 7.85. The van der Waals surface area contributed by atoms with Crippen LogP contribution in [0.1, 0.15) is 36.0 Å². The number of carbonyl (C=O) groups excluding carboxylic acids is 1. The van der Waals surface area contributed by atoms with Crippen LogP contribution in [0.3, 0.4) is 0 Å². The van der Waals surface area contributed by atoms with Gasteiger partial charge < -0.3 is 4.90 Å². The summed E-state index contributed by atoms with van der Waals surface area (Å²) in [6.07, 6.45) is 4.71. The molecule has 0 saturated heterocycles. The normalized spacial score (nSPS) is 15.9. The Morgan fingerprint density at radius 1 is 1.39 bits per heavy atom. The Bertz CT molecular complexity index is 418. The predicted octanol–water partition coefficient (Wildman–Crippen LogP) is 4.12. The molecule has 1 aromatic rings. The van der Waals surface area contributed by atoms with Crippen LogP contribution in [-0.4, -0.2) is 28.7 Å². The molecule has 2 rings (SSSR count). The average molecular weight is 331 g/mol. The van der Waals surface area contributed by atoms with E-state index in [2.05, 4.69) is 15.9 Å². The lowest BCUT2D eigenvalue weighted by atomic mass is 10.1. The fourth-order valence-corrected chi connectivity index (χ4v) is 3.12. The largest absolute Gasteiger partial charge is 0.335 e. The summed E-state index contributed by atoms with van der Waals surface area (Å²) in [5, 5.41) is 1.43. The van der Waals surface area contributed by atoms with Crippen molar-refractivity contribution in [2.75, 3.05) is 11.9 Å². The average Bonchev–Trinajstić information content (AvgIpc) is 2.89. The number of halogens is 2. The first-order valence-electron chi connectivity index (χ1n) is 6.35. The maximum Gasteiger partial charge on any atom is 0.254 e. The summed E-state index contributed by atoms with van der Waals surface area (Å²) < 4.78 is 0. The van der Waals surface area contributed by atoms with Gasteiger partial charge in [-0.1, -0.05) is 46.4 Å². The lowest BCUT2D eigenvalue weighted by Crippen LogP contribution is -2.40. The molecule has 0 spiro atoms. The quantitative estimate of drug-likeness (QED) is 0.761. The highest BCUT2D eigenvalue weighted by Gasteiger charge is 2.26. The summed E-state index contributed by atoms with van der Waals surface area (Å²) >= 11 is 9.38. The van der Waals surface area contributed by atoms with Gasteiger partial charge in [-0.3, -0.25) is 4.79 Å². The van der Waals surface area contributed by atoms with Crippen molar-refractivity contribution in [2.45, 2.75) is 31.7 Å². The molecule has 98 valence electrons. The molecule has 0 N–H and O–H groups in total. The summed E-state index contributed by atoms with van der Waals surface area (Å²) in [5.41, 5.74) is 0.690.